The van der Waals surface area contributed by atoms with Gasteiger partial charge in [-0.3, -0.25) is 15.2 Å². The van der Waals surface area contributed by atoms with E-state index in [-0.39, 0.29) is 23.8 Å². The molecule has 3 aromatic rings. The first kappa shape index (κ1) is 24.1. The third kappa shape index (κ3) is 6.97. The third-order valence-electron chi connectivity index (χ3n) is 4.87. The summed E-state index contributed by atoms with van der Waals surface area (Å²) in [7, 11) is 0. The fourth-order valence-electron chi connectivity index (χ4n) is 3.17. The first-order valence-corrected chi connectivity index (χ1v) is 10.7. The van der Waals surface area contributed by atoms with Crippen molar-refractivity contribution >= 4 is 29.2 Å². The molecule has 1 heterocycles. The second-order valence-corrected chi connectivity index (χ2v) is 7.69. The van der Waals surface area contributed by atoms with E-state index in [1.165, 1.54) is 12.1 Å². The largest absolute Gasteiger partial charge is 0.396 e. The van der Waals surface area contributed by atoms with E-state index in [0.29, 0.717) is 29.1 Å². The highest BCUT2D eigenvalue weighted by atomic mass is 35.5. The Morgan fingerprint density at radius 1 is 1.09 bits per heavy atom. The maximum absolute atomic E-state index is 14.9. The summed E-state index contributed by atoms with van der Waals surface area (Å²) < 4.78 is 14.9. The molecular formula is C25H24ClFN4O2. The second kappa shape index (κ2) is 11.9. The Balaban J connectivity index is 1.73. The van der Waals surface area contributed by atoms with Crippen LogP contribution >= 0.6 is 11.6 Å². The van der Waals surface area contributed by atoms with Gasteiger partial charge in [0, 0.05) is 41.5 Å². The number of rotatable bonds is 10. The van der Waals surface area contributed by atoms with Crippen LogP contribution < -0.4 is 10.7 Å². The van der Waals surface area contributed by atoms with Crippen LogP contribution in [-0.4, -0.2) is 34.6 Å². The molecule has 3 rings (SSSR count). The Morgan fingerprint density at radius 2 is 1.79 bits per heavy atom. The van der Waals surface area contributed by atoms with Crippen LogP contribution in [0.3, 0.4) is 0 Å². The normalized spacial score (nSPS) is 12.2. The highest BCUT2D eigenvalue weighted by Crippen LogP contribution is 2.16. The van der Waals surface area contributed by atoms with E-state index in [1.54, 1.807) is 48.7 Å². The van der Waals surface area contributed by atoms with Crippen molar-refractivity contribution in [3.8, 4) is 0 Å². The molecule has 33 heavy (non-hydrogen) atoms. The first-order valence-electron chi connectivity index (χ1n) is 10.3. The number of hydrogen-bond acceptors (Lipinski definition) is 5. The van der Waals surface area contributed by atoms with Crippen LogP contribution in [0.25, 0.3) is 5.70 Å². The summed E-state index contributed by atoms with van der Waals surface area (Å²) in [5.41, 5.74) is 4.59. The van der Waals surface area contributed by atoms with Gasteiger partial charge in [-0.1, -0.05) is 48.5 Å². The lowest BCUT2D eigenvalue weighted by atomic mass is 10.0. The summed E-state index contributed by atoms with van der Waals surface area (Å²) in [5.74, 6) is -1.33. The van der Waals surface area contributed by atoms with E-state index >= 15 is 0 Å². The standard InChI is InChI=1S/C25H24ClFN4O2/c1-17(18-9-11-19(26)12-10-18)30-31-24(27)22-7-2-3-8-23(22)25(33)29-21(13-15-32)16-20-6-4-5-14-28-20/h2-12,14,21,30,32H,1,13,15-16H2,(H,29,33)/b31-24-/t21-/m0/s1. The number of nitrogens with one attached hydrogen (secondary N) is 2. The number of amides is 1. The van der Waals surface area contributed by atoms with Crippen LogP contribution in [0.5, 0.6) is 0 Å². The van der Waals surface area contributed by atoms with Crippen molar-refractivity contribution in [2.75, 3.05) is 6.61 Å². The molecule has 0 fully saturated rings. The minimum Gasteiger partial charge on any atom is -0.396 e. The number of aliphatic hydroxyl groups excluding tert-OH is 1. The van der Waals surface area contributed by atoms with Crippen LogP contribution in [0.2, 0.25) is 5.02 Å². The number of pyridine rings is 1. The van der Waals surface area contributed by atoms with Crippen LogP contribution in [0, 0.1) is 0 Å². The predicted octanol–water partition coefficient (Wildman–Crippen LogP) is 4.35. The molecule has 2 aromatic carbocycles. The average molecular weight is 467 g/mol. The highest BCUT2D eigenvalue weighted by Gasteiger charge is 2.19. The zero-order valence-corrected chi connectivity index (χ0v) is 18.6. The molecule has 0 aliphatic rings. The minimum atomic E-state index is -0.862. The number of benzene rings is 2. The third-order valence-corrected chi connectivity index (χ3v) is 5.12. The van der Waals surface area contributed by atoms with Crippen molar-refractivity contribution in [3.05, 3.63) is 107 Å². The Bertz CT molecular complexity index is 1120. The lowest BCUT2D eigenvalue weighted by Gasteiger charge is -2.18. The van der Waals surface area contributed by atoms with Crippen LogP contribution in [0.1, 0.15) is 33.6 Å². The van der Waals surface area contributed by atoms with E-state index in [0.717, 1.165) is 5.69 Å². The van der Waals surface area contributed by atoms with E-state index in [9.17, 15) is 14.3 Å². The fourth-order valence-corrected chi connectivity index (χ4v) is 3.29. The van der Waals surface area contributed by atoms with E-state index in [2.05, 4.69) is 27.4 Å². The molecule has 0 saturated heterocycles. The molecule has 8 heteroatoms. The van der Waals surface area contributed by atoms with Crippen LogP contribution in [0.4, 0.5) is 4.39 Å². The van der Waals surface area contributed by atoms with E-state index in [4.69, 9.17) is 11.6 Å². The number of hydrazone groups is 1. The van der Waals surface area contributed by atoms with Crippen molar-refractivity contribution < 1.29 is 14.3 Å². The predicted molar refractivity (Wildman–Crippen MR) is 129 cm³/mol. The monoisotopic (exact) mass is 466 g/mol. The number of nitrogens with zero attached hydrogens (tertiary/aromatic N) is 2. The maximum atomic E-state index is 14.9. The van der Waals surface area contributed by atoms with Crippen molar-refractivity contribution in [2.24, 2.45) is 5.10 Å². The number of carbonyl (C=O) groups is 1. The summed E-state index contributed by atoms with van der Waals surface area (Å²) in [6.45, 7) is 3.74. The van der Waals surface area contributed by atoms with Crippen LogP contribution in [-0.2, 0) is 6.42 Å². The zero-order chi connectivity index (χ0) is 23.6. The summed E-state index contributed by atoms with van der Waals surface area (Å²) in [6, 6.07) is 18.2. The topological polar surface area (TPSA) is 86.6 Å². The molecule has 170 valence electrons. The number of carbonyl (C=O) groups excluding carboxylic acids is 1. The van der Waals surface area contributed by atoms with Gasteiger partial charge >= 0.3 is 0 Å². The quantitative estimate of drug-likeness (QED) is 0.306. The average Bonchev–Trinajstić information content (AvgIpc) is 2.83. The molecule has 0 aliphatic heterocycles. The molecular weight excluding hydrogens is 443 g/mol. The van der Waals surface area contributed by atoms with Crippen LogP contribution in [0.15, 0.2) is 84.6 Å². The Hall–Kier alpha value is -3.55. The van der Waals surface area contributed by atoms with Crippen molar-refractivity contribution in [3.63, 3.8) is 0 Å². The number of aromatic nitrogens is 1. The molecule has 3 N–H and O–H groups in total. The summed E-state index contributed by atoms with van der Waals surface area (Å²) in [4.78, 5) is 17.2. The number of hydrogen-bond donors (Lipinski definition) is 3. The highest BCUT2D eigenvalue weighted by molar-refractivity contribution is 6.30. The molecule has 0 saturated carbocycles. The number of halogens is 2. The lowest BCUT2D eigenvalue weighted by Crippen LogP contribution is -2.38. The van der Waals surface area contributed by atoms with Gasteiger partial charge in [-0.2, -0.15) is 4.39 Å². The van der Waals surface area contributed by atoms with Gasteiger partial charge in [0.1, 0.15) is 0 Å². The van der Waals surface area contributed by atoms with Gasteiger partial charge in [-0.05, 0) is 48.4 Å². The molecule has 1 amide bonds. The molecule has 0 aliphatic carbocycles. The summed E-state index contributed by atoms with van der Waals surface area (Å²) >= 11 is 5.88. The molecule has 0 spiro atoms. The van der Waals surface area contributed by atoms with E-state index < -0.39 is 11.9 Å². The molecule has 1 atom stereocenters. The summed E-state index contributed by atoms with van der Waals surface area (Å²) in [5, 5.41) is 16.6. The Labute approximate surface area is 196 Å². The molecule has 1 aromatic heterocycles. The molecule has 0 unspecified atom stereocenters. The Morgan fingerprint density at radius 3 is 2.45 bits per heavy atom. The minimum absolute atomic E-state index is 0.0343. The van der Waals surface area contributed by atoms with Crippen molar-refractivity contribution in [1.82, 2.24) is 15.7 Å². The maximum Gasteiger partial charge on any atom is 0.252 e. The van der Waals surface area contributed by atoms with Gasteiger partial charge in [0.25, 0.3) is 5.91 Å². The van der Waals surface area contributed by atoms with Gasteiger partial charge in [0.05, 0.1) is 11.3 Å². The molecule has 0 bridgehead atoms. The zero-order valence-electron chi connectivity index (χ0n) is 17.8. The number of aliphatic hydroxyl groups is 1. The van der Waals surface area contributed by atoms with Gasteiger partial charge < -0.3 is 10.4 Å². The van der Waals surface area contributed by atoms with Gasteiger partial charge in [-0.25, -0.2) is 0 Å². The van der Waals surface area contributed by atoms with Gasteiger partial charge in [0.15, 0.2) is 0 Å². The SMILES string of the molecule is C=C(N/N=C(\F)c1ccccc1C(=O)N[C@@H](CCO)Cc1ccccn1)c1ccc(Cl)cc1. The first-order chi connectivity index (χ1) is 16.0. The summed E-state index contributed by atoms with van der Waals surface area (Å²) in [6.07, 6.45) is 2.44. The smallest absolute Gasteiger partial charge is 0.252 e. The van der Waals surface area contributed by atoms with Crippen molar-refractivity contribution in [2.45, 2.75) is 18.9 Å². The second-order valence-electron chi connectivity index (χ2n) is 7.25. The molecule has 0 radical (unpaired) electrons. The lowest BCUT2D eigenvalue weighted by molar-refractivity contribution is 0.0929. The Kier molecular flexibility index (Phi) is 8.69. The fraction of sp³-hybridized carbons (Fsp3) is 0.160. The molecule has 6 nitrogen and oxygen atoms in total. The van der Waals surface area contributed by atoms with Crippen molar-refractivity contribution in [1.29, 1.82) is 0 Å². The van der Waals surface area contributed by atoms with Gasteiger partial charge in [0.2, 0.25) is 5.97 Å². The van der Waals surface area contributed by atoms with Gasteiger partial charge in [-0.15, -0.1) is 5.10 Å². The van der Waals surface area contributed by atoms with E-state index in [1.807, 2.05) is 12.1 Å².